The van der Waals surface area contributed by atoms with E-state index in [0.29, 0.717) is 17.3 Å². The summed E-state index contributed by atoms with van der Waals surface area (Å²) >= 11 is 0. The third kappa shape index (κ3) is 6.15. The van der Waals surface area contributed by atoms with E-state index < -0.39 is 34.9 Å². The van der Waals surface area contributed by atoms with Gasteiger partial charge >= 0.3 is 6.18 Å². The molecule has 4 rings (SSSR count). The minimum absolute atomic E-state index is 0.00492. The molecule has 1 aromatic heterocycles. The number of nitrogens with two attached hydrogens (primary N) is 1. The number of carbonyl (C=O) groups excluding carboxylic acids is 2. The van der Waals surface area contributed by atoms with Gasteiger partial charge in [-0.05, 0) is 48.0 Å². The lowest BCUT2D eigenvalue weighted by Crippen LogP contribution is -2.59. The first kappa shape index (κ1) is 25.9. The highest BCUT2D eigenvalue weighted by Crippen LogP contribution is 2.36. The first-order valence-electron chi connectivity index (χ1n) is 11.2. The molecule has 1 atom stereocenters. The summed E-state index contributed by atoms with van der Waals surface area (Å²) in [6, 6.07) is 11.7. The van der Waals surface area contributed by atoms with Crippen molar-refractivity contribution in [2.75, 3.05) is 24.3 Å². The first-order chi connectivity index (χ1) is 17.6. The zero-order chi connectivity index (χ0) is 26.6. The molecule has 2 amide bonds. The Morgan fingerprint density at radius 2 is 1.84 bits per heavy atom. The number of ether oxygens (including phenoxy) is 1. The number of aromatic nitrogens is 1. The lowest BCUT2D eigenvalue weighted by molar-refractivity contribution is -0.137. The fourth-order valence-electron chi connectivity index (χ4n) is 3.80. The number of alkyl halides is 3. The van der Waals surface area contributed by atoms with Gasteiger partial charge in [0.25, 0.3) is 5.91 Å². The van der Waals surface area contributed by atoms with Crippen molar-refractivity contribution >= 4 is 29.0 Å². The maximum atomic E-state index is 13.3. The van der Waals surface area contributed by atoms with Gasteiger partial charge in [0.15, 0.2) is 0 Å². The number of pyridine rings is 1. The van der Waals surface area contributed by atoms with Crippen LogP contribution in [0, 0.1) is 5.82 Å². The standard InChI is InChI=1S/C25H23F4N5O3/c26-17-4-7-20(19(11-17)25(27,28)29)33-18-5-1-15(2-6-18)12-32-23(36)24(9-10-37-14-24)34-22(35)16-3-8-21(30)31-13-16/h1-8,11,13,33H,9-10,12,14H2,(H2,30,31)(H,32,36)(H,34,35). The predicted molar refractivity (Wildman–Crippen MR) is 127 cm³/mol. The number of amides is 2. The van der Waals surface area contributed by atoms with Crippen LogP contribution in [0.2, 0.25) is 0 Å². The van der Waals surface area contributed by atoms with Crippen molar-refractivity contribution in [2.24, 2.45) is 0 Å². The van der Waals surface area contributed by atoms with Crippen LogP contribution in [-0.4, -0.2) is 35.6 Å². The first-order valence-corrected chi connectivity index (χ1v) is 11.2. The molecule has 2 heterocycles. The van der Waals surface area contributed by atoms with E-state index in [1.54, 1.807) is 12.1 Å². The molecule has 3 aromatic rings. The fourth-order valence-corrected chi connectivity index (χ4v) is 3.80. The largest absolute Gasteiger partial charge is 0.418 e. The van der Waals surface area contributed by atoms with Gasteiger partial charge in [-0.3, -0.25) is 9.59 Å². The summed E-state index contributed by atoms with van der Waals surface area (Å²) in [6.07, 6.45) is -3.14. The van der Waals surface area contributed by atoms with Crippen molar-refractivity contribution in [1.29, 1.82) is 0 Å². The summed E-state index contributed by atoms with van der Waals surface area (Å²) < 4.78 is 58.4. The second-order valence-electron chi connectivity index (χ2n) is 8.50. The molecule has 12 heteroatoms. The van der Waals surface area contributed by atoms with Gasteiger partial charge in [-0.15, -0.1) is 0 Å². The Bertz CT molecular complexity index is 1270. The Balaban J connectivity index is 1.39. The summed E-state index contributed by atoms with van der Waals surface area (Å²) in [6.45, 7) is 0.386. The van der Waals surface area contributed by atoms with Crippen molar-refractivity contribution in [2.45, 2.75) is 24.7 Å². The minimum Gasteiger partial charge on any atom is -0.384 e. The third-order valence-electron chi connectivity index (χ3n) is 5.83. The van der Waals surface area contributed by atoms with Gasteiger partial charge in [0.2, 0.25) is 5.91 Å². The van der Waals surface area contributed by atoms with E-state index in [1.165, 1.54) is 30.5 Å². The molecule has 0 aliphatic carbocycles. The van der Waals surface area contributed by atoms with E-state index in [1.807, 2.05) is 0 Å². The number of rotatable bonds is 7. The van der Waals surface area contributed by atoms with Gasteiger partial charge in [-0.25, -0.2) is 9.37 Å². The molecule has 194 valence electrons. The molecule has 2 aromatic carbocycles. The number of nitrogens with zero attached hydrogens (tertiary/aromatic N) is 1. The normalized spacial score (nSPS) is 17.3. The number of halogens is 4. The summed E-state index contributed by atoms with van der Waals surface area (Å²) in [7, 11) is 0. The van der Waals surface area contributed by atoms with Crippen LogP contribution >= 0.6 is 0 Å². The summed E-state index contributed by atoms with van der Waals surface area (Å²) in [5.74, 6) is -1.67. The van der Waals surface area contributed by atoms with Crippen molar-refractivity contribution in [3.05, 3.63) is 83.3 Å². The van der Waals surface area contributed by atoms with Crippen LogP contribution in [0.3, 0.4) is 0 Å². The Morgan fingerprint density at radius 3 is 2.46 bits per heavy atom. The van der Waals surface area contributed by atoms with Crippen molar-refractivity contribution < 1.29 is 31.9 Å². The fraction of sp³-hybridized carbons (Fsp3) is 0.240. The van der Waals surface area contributed by atoms with Gasteiger partial charge in [-0.2, -0.15) is 13.2 Å². The molecule has 37 heavy (non-hydrogen) atoms. The number of hydrogen-bond acceptors (Lipinski definition) is 6. The summed E-state index contributed by atoms with van der Waals surface area (Å²) in [5, 5.41) is 8.15. The third-order valence-corrected chi connectivity index (χ3v) is 5.83. The zero-order valence-corrected chi connectivity index (χ0v) is 19.4. The van der Waals surface area contributed by atoms with Crippen molar-refractivity contribution in [3.63, 3.8) is 0 Å². The quantitative estimate of drug-likeness (QED) is 0.355. The maximum Gasteiger partial charge on any atom is 0.418 e. The second-order valence-corrected chi connectivity index (χ2v) is 8.50. The molecule has 1 saturated heterocycles. The summed E-state index contributed by atoms with van der Waals surface area (Å²) in [5.41, 5.74) is 4.12. The smallest absolute Gasteiger partial charge is 0.384 e. The lowest BCUT2D eigenvalue weighted by Gasteiger charge is -2.27. The number of anilines is 3. The molecule has 0 saturated carbocycles. The van der Waals surface area contributed by atoms with Crippen LogP contribution in [-0.2, 0) is 22.3 Å². The maximum absolute atomic E-state index is 13.3. The Morgan fingerprint density at radius 1 is 1.08 bits per heavy atom. The van der Waals surface area contributed by atoms with Gasteiger partial charge in [0, 0.05) is 31.5 Å². The molecule has 0 bridgehead atoms. The van der Waals surface area contributed by atoms with E-state index in [0.717, 1.165) is 12.1 Å². The highest BCUT2D eigenvalue weighted by Gasteiger charge is 2.43. The number of nitrogen functional groups attached to an aromatic ring is 1. The Labute approximate surface area is 209 Å². The average Bonchev–Trinajstić information content (AvgIpc) is 3.34. The number of hydrogen-bond donors (Lipinski definition) is 4. The van der Waals surface area contributed by atoms with E-state index in [4.69, 9.17) is 10.5 Å². The Kier molecular flexibility index (Phi) is 7.30. The zero-order valence-electron chi connectivity index (χ0n) is 19.4. The molecule has 8 nitrogen and oxygen atoms in total. The van der Waals surface area contributed by atoms with Crippen LogP contribution in [0.4, 0.5) is 34.8 Å². The van der Waals surface area contributed by atoms with Gasteiger partial charge in [-0.1, -0.05) is 12.1 Å². The highest BCUT2D eigenvalue weighted by atomic mass is 19.4. The van der Waals surface area contributed by atoms with E-state index in [-0.39, 0.29) is 43.2 Å². The topological polar surface area (TPSA) is 118 Å². The average molecular weight is 517 g/mol. The van der Waals surface area contributed by atoms with Crippen molar-refractivity contribution in [3.8, 4) is 0 Å². The monoisotopic (exact) mass is 517 g/mol. The van der Waals surface area contributed by atoms with Crippen LogP contribution in [0.25, 0.3) is 0 Å². The molecule has 1 aliphatic heterocycles. The van der Waals surface area contributed by atoms with Crippen LogP contribution in [0.1, 0.15) is 27.9 Å². The minimum atomic E-state index is -4.73. The van der Waals surface area contributed by atoms with Gasteiger partial charge in [0.1, 0.15) is 17.2 Å². The molecular weight excluding hydrogens is 494 g/mol. The van der Waals surface area contributed by atoms with E-state index in [2.05, 4.69) is 20.9 Å². The molecule has 1 unspecified atom stereocenters. The Hall–Kier alpha value is -4.19. The summed E-state index contributed by atoms with van der Waals surface area (Å²) in [4.78, 5) is 29.6. The van der Waals surface area contributed by atoms with E-state index >= 15 is 0 Å². The number of carbonyl (C=O) groups is 2. The molecule has 1 fully saturated rings. The van der Waals surface area contributed by atoms with E-state index in [9.17, 15) is 27.2 Å². The molecule has 0 radical (unpaired) electrons. The van der Waals surface area contributed by atoms with Gasteiger partial charge < -0.3 is 26.4 Å². The van der Waals surface area contributed by atoms with Crippen molar-refractivity contribution in [1.82, 2.24) is 15.6 Å². The SMILES string of the molecule is Nc1ccc(C(=O)NC2(C(=O)NCc3ccc(Nc4ccc(F)cc4C(F)(F)F)cc3)CCOC2)cn1. The predicted octanol–water partition coefficient (Wildman–Crippen LogP) is 3.77. The van der Waals surface area contributed by atoms with Gasteiger partial charge in [0.05, 0.1) is 23.4 Å². The lowest BCUT2D eigenvalue weighted by atomic mass is 9.96. The molecule has 1 aliphatic rings. The number of nitrogens with one attached hydrogen (secondary N) is 3. The molecule has 5 N–H and O–H groups in total. The highest BCUT2D eigenvalue weighted by molar-refractivity contribution is 5.99. The molecule has 0 spiro atoms. The van der Waals surface area contributed by atoms with Crippen LogP contribution in [0.15, 0.2) is 60.8 Å². The second kappa shape index (κ2) is 10.4. The van der Waals surface area contributed by atoms with Crippen LogP contribution < -0.4 is 21.7 Å². The van der Waals surface area contributed by atoms with Crippen LogP contribution in [0.5, 0.6) is 0 Å². The number of benzene rings is 2. The molecular formula is C25H23F4N5O3.